The molecule has 1 aromatic carbocycles. The van der Waals surface area contributed by atoms with Gasteiger partial charge in [0.25, 0.3) is 5.91 Å². The number of aromatic nitrogens is 1. The van der Waals surface area contributed by atoms with E-state index in [9.17, 15) is 4.79 Å². The van der Waals surface area contributed by atoms with E-state index in [1.165, 1.54) is 0 Å². The zero-order valence-electron chi connectivity index (χ0n) is 8.85. The van der Waals surface area contributed by atoms with Crippen LogP contribution in [0.4, 0.5) is 0 Å². The third kappa shape index (κ3) is 3.29. The van der Waals surface area contributed by atoms with Crippen molar-refractivity contribution in [3.05, 3.63) is 58.3 Å². The smallest absolute Gasteiger partial charge is 0.271 e. The summed E-state index contributed by atoms with van der Waals surface area (Å²) >= 11 is 3.31. The maximum Gasteiger partial charge on any atom is 0.271 e. The van der Waals surface area contributed by atoms with E-state index in [1.807, 2.05) is 18.2 Å². The van der Waals surface area contributed by atoms with Crippen molar-refractivity contribution < 1.29 is 4.79 Å². The molecule has 0 atom stereocenters. The van der Waals surface area contributed by atoms with Gasteiger partial charge in [-0.1, -0.05) is 22.0 Å². The van der Waals surface area contributed by atoms with Crippen molar-refractivity contribution in [2.75, 3.05) is 0 Å². The van der Waals surface area contributed by atoms with Crippen molar-refractivity contribution in [2.24, 2.45) is 5.10 Å². The third-order valence-electron chi connectivity index (χ3n) is 2.08. The Morgan fingerprint density at radius 2 is 2.24 bits per heavy atom. The molecular formula is C12H10BrN3O. The fourth-order valence-electron chi connectivity index (χ4n) is 1.28. The number of amides is 1. The minimum atomic E-state index is -0.242. The quantitative estimate of drug-likeness (QED) is 0.663. The highest BCUT2D eigenvalue weighted by Gasteiger charge is 2.03. The second kappa shape index (κ2) is 5.45. The predicted molar refractivity (Wildman–Crippen MR) is 70.0 cm³/mol. The number of aromatic amines is 1. The number of halogens is 1. The van der Waals surface area contributed by atoms with E-state index in [0.717, 1.165) is 10.2 Å². The monoisotopic (exact) mass is 291 g/mol. The number of benzene rings is 1. The second-order valence-electron chi connectivity index (χ2n) is 3.33. The molecule has 0 saturated heterocycles. The summed E-state index contributed by atoms with van der Waals surface area (Å²) in [7, 11) is 0. The molecule has 0 radical (unpaired) electrons. The van der Waals surface area contributed by atoms with Gasteiger partial charge in [0.2, 0.25) is 0 Å². The molecule has 0 fully saturated rings. The first-order valence-corrected chi connectivity index (χ1v) is 5.77. The van der Waals surface area contributed by atoms with Gasteiger partial charge in [-0.25, -0.2) is 5.43 Å². The molecule has 1 heterocycles. The number of nitrogens with zero attached hydrogens (tertiary/aromatic N) is 1. The Labute approximate surface area is 107 Å². The number of hydrogen-bond acceptors (Lipinski definition) is 2. The maximum atomic E-state index is 11.7. The van der Waals surface area contributed by atoms with Crippen LogP contribution >= 0.6 is 15.9 Å². The minimum absolute atomic E-state index is 0.242. The summed E-state index contributed by atoms with van der Waals surface area (Å²) in [5, 5.41) is 3.85. The Balaban J connectivity index is 1.98. The zero-order chi connectivity index (χ0) is 12.1. The first-order chi connectivity index (χ1) is 8.25. The van der Waals surface area contributed by atoms with Crippen molar-refractivity contribution in [3.63, 3.8) is 0 Å². The average molecular weight is 292 g/mol. The Hall–Kier alpha value is -1.88. The van der Waals surface area contributed by atoms with Gasteiger partial charge in [-0.05, 0) is 30.3 Å². The number of carbonyl (C=O) groups is 1. The first-order valence-electron chi connectivity index (χ1n) is 4.98. The van der Waals surface area contributed by atoms with Crippen LogP contribution < -0.4 is 5.43 Å². The number of rotatable bonds is 3. The van der Waals surface area contributed by atoms with Crippen LogP contribution in [0.5, 0.6) is 0 Å². The molecule has 0 bridgehead atoms. The van der Waals surface area contributed by atoms with Crippen molar-refractivity contribution in [1.82, 2.24) is 10.4 Å². The molecule has 1 aromatic heterocycles. The highest BCUT2D eigenvalue weighted by molar-refractivity contribution is 9.10. The van der Waals surface area contributed by atoms with E-state index < -0.39 is 0 Å². The Morgan fingerprint density at radius 1 is 1.35 bits per heavy atom. The molecule has 0 aliphatic rings. The SMILES string of the molecule is O=C(NN=Cc1ccc[nH]1)c1cccc(Br)c1. The second-order valence-corrected chi connectivity index (χ2v) is 4.25. The number of H-pyrrole nitrogens is 1. The summed E-state index contributed by atoms with van der Waals surface area (Å²) in [6.07, 6.45) is 3.34. The molecule has 0 spiro atoms. The normalized spacial score (nSPS) is 10.6. The van der Waals surface area contributed by atoms with E-state index in [-0.39, 0.29) is 5.91 Å². The molecule has 17 heavy (non-hydrogen) atoms. The highest BCUT2D eigenvalue weighted by Crippen LogP contribution is 2.11. The van der Waals surface area contributed by atoms with E-state index >= 15 is 0 Å². The zero-order valence-corrected chi connectivity index (χ0v) is 10.4. The van der Waals surface area contributed by atoms with Gasteiger partial charge in [-0.3, -0.25) is 4.79 Å². The van der Waals surface area contributed by atoms with Gasteiger partial charge in [-0.15, -0.1) is 0 Å². The minimum Gasteiger partial charge on any atom is -0.360 e. The van der Waals surface area contributed by atoms with E-state index in [4.69, 9.17) is 0 Å². The first kappa shape index (κ1) is 11.6. The number of hydrazone groups is 1. The van der Waals surface area contributed by atoms with Gasteiger partial charge in [0, 0.05) is 16.2 Å². The van der Waals surface area contributed by atoms with Crippen LogP contribution in [-0.4, -0.2) is 17.1 Å². The Morgan fingerprint density at radius 3 is 2.94 bits per heavy atom. The molecule has 1 amide bonds. The molecule has 0 saturated carbocycles. The van der Waals surface area contributed by atoms with E-state index in [2.05, 4.69) is 31.4 Å². The highest BCUT2D eigenvalue weighted by atomic mass is 79.9. The molecule has 0 unspecified atom stereocenters. The summed E-state index contributed by atoms with van der Waals surface area (Å²) < 4.78 is 0.860. The molecule has 86 valence electrons. The molecular weight excluding hydrogens is 282 g/mol. The van der Waals surface area contributed by atoms with Gasteiger partial charge < -0.3 is 4.98 Å². The molecule has 2 N–H and O–H groups in total. The van der Waals surface area contributed by atoms with Crippen molar-refractivity contribution in [2.45, 2.75) is 0 Å². The van der Waals surface area contributed by atoms with Gasteiger partial charge >= 0.3 is 0 Å². The van der Waals surface area contributed by atoms with Crippen LogP contribution in [0.2, 0.25) is 0 Å². The molecule has 4 nitrogen and oxygen atoms in total. The van der Waals surface area contributed by atoms with Gasteiger partial charge in [0.05, 0.1) is 11.9 Å². The molecule has 2 aromatic rings. The van der Waals surface area contributed by atoms with Gasteiger partial charge in [0.15, 0.2) is 0 Å². The van der Waals surface area contributed by atoms with Crippen molar-refractivity contribution in [1.29, 1.82) is 0 Å². The molecule has 0 aliphatic carbocycles. The molecule has 0 aliphatic heterocycles. The van der Waals surface area contributed by atoms with Crippen LogP contribution in [0.25, 0.3) is 0 Å². The fourth-order valence-corrected chi connectivity index (χ4v) is 1.68. The van der Waals surface area contributed by atoms with Crippen molar-refractivity contribution >= 4 is 28.1 Å². The molecule has 2 rings (SSSR count). The lowest BCUT2D eigenvalue weighted by Gasteiger charge is -1.99. The number of carbonyl (C=O) groups excluding carboxylic acids is 1. The van der Waals surface area contributed by atoms with E-state index in [1.54, 1.807) is 30.6 Å². The third-order valence-corrected chi connectivity index (χ3v) is 2.57. The van der Waals surface area contributed by atoms with Crippen molar-refractivity contribution in [3.8, 4) is 0 Å². The van der Waals surface area contributed by atoms with Gasteiger partial charge in [-0.2, -0.15) is 5.10 Å². The summed E-state index contributed by atoms with van der Waals surface area (Å²) in [5.41, 5.74) is 3.85. The largest absolute Gasteiger partial charge is 0.360 e. The van der Waals surface area contributed by atoms with Crippen LogP contribution in [-0.2, 0) is 0 Å². The van der Waals surface area contributed by atoms with Crippen LogP contribution in [0.3, 0.4) is 0 Å². The van der Waals surface area contributed by atoms with E-state index in [0.29, 0.717) is 5.56 Å². The topological polar surface area (TPSA) is 57.2 Å². The van der Waals surface area contributed by atoms with Crippen LogP contribution in [0, 0.1) is 0 Å². The summed E-state index contributed by atoms with van der Waals surface area (Å²) in [6.45, 7) is 0. The lowest BCUT2D eigenvalue weighted by molar-refractivity contribution is 0.0955. The van der Waals surface area contributed by atoms with Gasteiger partial charge in [0.1, 0.15) is 0 Å². The summed E-state index contributed by atoms with van der Waals surface area (Å²) in [4.78, 5) is 14.6. The lowest BCUT2D eigenvalue weighted by atomic mass is 10.2. The molecule has 5 heteroatoms. The number of hydrogen-bond donors (Lipinski definition) is 2. The Bertz CT molecular complexity index is 534. The predicted octanol–water partition coefficient (Wildman–Crippen LogP) is 2.54. The van der Waals surface area contributed by atoms with Crippen LogP contribution in [0.15, 0.2) is 52.2 Å². The summed E-state index contributed by atoms with van der Waals surface area (Å²) in [5.74, 6) is -0.242. The fraction of sp³-hybridized carbons (Fsp3) is 0. The number of nitrogens with one attached hydrogen (secondary N) is 2. The van der Waals surface area contributed by atoms with Crippen LogP contribution in [0.1, 0.15) is 16.1 Å². The standard InChI is InChI=1S/C12H10BrN3O/c13-10-4-1-3-9(7-10)12(17)16-15-8-11-5-2-6-14-11/h1-8,14H,(H,16,17). The Kier molecular flexibility index (Phi) is 3.72. The maximum absolute atomic E-state index is 11.7. The average Bonchev–Trinajstić information content (AvgIpc) is 2.82. The lowest BCUT2D eigenvalue weighted by Crippen LogP contribution is -2.17. The summed E-state index contributed by atoms with van der Waals surface area (Å²) in [6, 6.07) is 10.8.